The smallest absolute Gasteiger partial charge is 0.350 e. The monoisotopic (exact) mass is 510 g/mol. The average molecular weight is 511 g/mol. The number of imidazole rings is 1. The fourth-order valence-electron chi connectivity index (χ4n) is 4.26. The van der Waals surface area contributed by atoms with Crippen molar-refractivity contribution in [2.45, 2.75) is 51.4 Å². The lowest BCUT2D eigenvalue weighted by Gasteiger charge is -2.33. The van der Waals surface area contributed by atoms with Gasteiger partial charge in [-0.3, -0.25) is 4.57 Å². The van der Waals surface area contributed by atoms with Gasteiger partial charge in [0.2, 0.25) is 11.9 Å². The summed E-state index contributed by atoms with van der Waals surface area (Å²) in [5, 5.41) is 6.31. The molecule has 2 aromatic heterocycles. The largest absolute Gasteiger partial charge is 0.416 e. The number of aromatic nitrogens is 4. The van der Waals surface area contributed by atoms with Crippen molar-refractivity contribution in [3.8, 4) is 0 Å². The molecule has 35 heavy (non-hydrogen) atoms. The van der Waals surface area contributed by atoms with Crippen molar-refractivity contribution in [2.24, 2.45) is 5.73 Å². The molecule has 4 N–H and O–H groups in total. The molecule has 1 aromatic carbocycles. The van der Waals surface area contributed by atoms with Gasteiger partial charge in [-0.2, -0.15) is 18.2 Å². The maximum atomic E-state index is 13.4. The van der Waals surface area contributed by atoms with Crippen molar-refractivity contribution in [2.75, 3.05) is 36.8 Å². The van der Waals surface area contributed by atoms with Crippen molar-refractivity contribution < 1.29 is 13.2 Å². The summed E-state index contributed by atoms with van der Waals surface area (Å²) >= 11 is 6.00. The van der Waals surface area contributed by atoms with Crippen LogP contribution in [-0.4, -0.2) is 56.1 Å². The van der Waals surface area contributed by atoms with Gasteiger partial charge in [-0.15, -0.1) is 0 Å². The van der Waals surface area contributed by atoms with Crippen LogP contribution in [0.1, 0.15) is 45.2 Å². The number of halogens is 4. The molecule has 0 saturated carbocycles. The molecule has 0 amide bonds. The zero-order chi connectivity index (χ0) is 25.4. The molecule has 0 radical (unpaired) electrons. The van der Waals surface area contributed by atoms with Gasteiger partial charge >= 0.3 is 6.18 Å². The van der Waals surface area contributed by atoms with Crippen LogP contribution in [0.25, 0.3) is 11.2 Å². The van der Waals surface area contributed by atoms with Crippen LogP contribution in [-0.2, 0) is 6.18 Å². The minimum Gasteiger partial charge on any atom is -0.350 e. The number of nitrogens with zero attached hydrogens (tertiary/aromatic N) is 5. The number of piperidine rings is 1. The molecule has 3 aromatic rings. The minimum absolute atomic E-state index is 0.0171. The molecule has 1 aliphatic rings. The maximum absolute atomic E-state index is 13.4. The zero-order valence-corrected chi connectivity index (χ0v) is 20.7. The molecule has 0 atom stereocenters. The lowest BCUT2D eigenvalue weighted by atomic mass is 10.0. The van der Waals surface area contributed by atoms with E-state index in [2.05, 4.69) is 25.5 Å². The van der Waals surface area contributed by atoms with E-state index in [0.717, 1.165) is 44.6 Å². The number of alkyl halides is 3. The topological polar surface area (TPSA) is 96.9 Å². The summed E-state index contributed by atoms with van der Waals surface area (Å²) < 4.78 is 42.0. The third-order valence-corrected chi connectivity index (χ3v) is 5.99. The Labute approximate surface area is 207 Å². The summed E-state index contributed by atoms with van der Waals surface area (Å²) in [6.45, 7) is 9.16. The third kappa shape index (κ3) is 6.14. The van der Waals surface area contributed by atoms with Gasteiger partial charge in [0.15, 0.2) is 5.65 Å². The molecule has 0 unspecified atom stereocenters. The molecule has 1 aliphatic heterocycles. The van der Waals surface area contributed by atoms with Crippen LogP contribution in [0.4, 0.5) is 30.8 Å². The van der Waals surface area contributed by atoms with E-state index >= 15 is 0 Å². The first kappa shape index (κ1) is 25.5. The molecule has 8 nitrogen and oxygen atoms in total. The Morgan fingerprint density at radius 2 is 1.83 bits per heavy atom. The number of nitrogens with two attached hydrogens (primary N) is 1. The number of rotatable bonds is 6. The lowest BCUT2D eigenvalue weighted by molar-refractivity contribution is -0.137. The fraction of sp³-hybridized carbons (Fsp3) is 0.522. The first-order chi connectivity index (χ1) is 16.4. The number of anilines is 3. The predicted molar refractivity (Wildman–Crippen MR) is 132 cm³/mol. The molecule has 190 valence electrons. The van der Waals surface area contributed by atoms with E-state index in [0.29, 0.717) is 29.6 Å². The second kappa shape index (κ2) is 9.79. The van der Waals surface area contributed by atoms with Crippen LogP contribution in [0, 0.1) is 0 Å². The number of nitrogens with one attached hydrogen (secondary N) is 2. The molecule has 1 saturated heterocycles. The SMILES string of the molecule is CC(C)(C)Nc1ncc2nc(Nc3cc(Cl)cc(C(F)(F)F)c3)n(C3CCN(CCN)CC3)c2n1. The van der Waals surface area contributed by atoms with E-state index in [1.54, 1.807) is 6.20 Å². The van der Waals surface area contributed by atoms with Crippen molar-refractivity contribution in [1.82, 2.24) is 24.4 Å². The van der Waals surface area contributed by atoms with Crippen molar-refractivity contribution >= 4 is 40.3 Å². The van der Waals surface area contributed by atoms with Crippen LogP contribution in [0.3, 0.4) is 0 Å². The number of hydrogen-bond donors (Lipinski definition) is 3. The normalized spacial score (nSPS) is 16.1. The summed E-state index contributed by atoms with van der Waals surface area (Å²) in [5.74, 6) is 0.857. The lowest BCUT2D eigenvalue weighted by Crippen LogP contribution is -2.37. The average Bonchev–Trinajstić information content (AvgIpc) is 3.09. The Morgan fingerprint density at radius 3 is 2.46 bits per heavy atom. The highest BCUT2D eigenvalue weighted by Gasteiger charge is 2.32. The van der Waals surface area contributed by atoms with E-state index in [9.17, 15) is 13.2 Å². The third-order valence-electron chi connectivity index (χ3n) is 5.77. The van der Waals surface area contributed by atoms with Gasteiger partial charge in [0.1, 0.15) is 5.52 Å². The standard InChI is InChI=1S/C23H30ClF3N8/c1-22(2,3)33-20-29-13-18-19(32-20)35(17-4-7-34(8-5-17)9-6-28)21(31-18)30-16-11-14(23(25,26)27)10-15(24)12-16/h10-13,17H,4-9,28H2,1-3H3,(H,30,31)(H,29,32,33). The van der Waals surface area contributed by atoms with Crippen molar-refractivity contribution in [3.05, 3.63) is 35.0 Å². The Hall–Kier alpha value is -2.63. The molecular formula is C23H30ClF3N8. The van der Waals surface area contributed by atoms with Gasteiger partial charge in [0, 0.05) is 48.5 Å². The molecule has 3 heterocycles. The summed E-state index contributed by atoms with van der Waals surface area (Å²) in [6.07, 6.45) is -1.23. The quantitative estimate of drug-likeness (QED) is 0.427. The number of fused-ring (bicyclic) bond motifs is 1. The van der Waals surface area contributed by atoms with Gasteiger partial charge in [-0.1, -0.05) is 11.6 Å². The molecule has 0 aliphatic carbocycles. The van der Waals surface area contributed by atoms with Crippen molar-refractivity contribution in [1.29, 1.82) is 0 Å². The van der Waals surface area contributed by atoms with Gasteiger partial charge in [-0.25, -0.2) is 9.97 Å². The summed E-state index contributed by atoms with van der Waals surface area (Å²) in [6, 6.07) is 3.43. The number of benzene rings is 1. The van der Waals surface area contributed by atoms with Crippen LogP contribution in [0.2, 0.25) is 5.02 Å². The molecule has 1 fully saturated rings. The molecule has 12 heteroatoms. The van der Waals surface area contributed by atoms with E-state index in [1.807, 2.05) is 25.3 Å². The highest BCUT2D eigenvalue weighted by Crippen LogP contribution is 2.36. The Morgan fingerprint density at radius 1 is 1.11 bits per heavy atom. The first-order valence-corrected chi connectivity index (χ1v) is 11.9. The second-order valence-electron chi connectivity index (χ2n) is 9.80. The zero-order valence-electron chi connectivity index (χ0n) is 20.0. The van der Waals surface area contributed by atoms with Gasteiger partial charge < -0.3 is 21.3 Å². The minimum atomic E-state index is -4.52. The molecule has 0 bridgehead atoms. The van der Waals surface area contributed by atoms with Crippen LogP contribution in [0.15, 0.2) is 24.4 Å². The maximum Gasteiger partial charge on any atom is 0.416 e. The van der Waals surface area contributed by atoms with Crippen LogP contribution >= 0.6 is 11.6 Å². The molecular weight excluding hydrogens is 481 g/mol. The Kier molecular flexibility index (Phi) is 7.12. The van der Waals surface area contributed by atoms with E-state index in [-0.39, 0.29) is 22.3 Å². The highest BCUT2D eigenvalue weighted by atomic mass is 35.5. The summed E-state index contributed by atoms with van der Waals surface area (Å²) in [7, 11) is 0. The second-order valence-corrected chi connectivity index (χ2v) is 10.2. The van der Waals surface area contributed by atoms with Gasteiger partial charge in [0.05, 0.1) is 11.8 Å². The van der Waals surface area contributed by atoms with E-state index in [4.69, 9.17) is 22.3 Å². The highest BCUT2D eigenvalue weighted by molar-refractivity contribution is 6.31. The Balaban J connectivity index is 1.75. The van der Waals surface area contributed by atoms with Gasteiger partial charge in [0.25, 0.3) is 0 Å². The van der Waals surface area contributed by atoms with E-state index < -0.39 is 11.7 Å². The van der Waals surface area contributed by atoms with Crippen LogP contribution < -0.4 is 16.4 Å². The summed E-state index contributed by atoms with van der Waals surface area (Å²) in [4.78, 5) is 16.0. The number of likely N-dealkylation sites (tertiary alicyclic amines) is 1. The first-order valence-electron chi connectivity index (χ1n) is 11.5. The van der Waals surface area contributed by atoms with Gasteiger partial charge in [-0.05, 0) is 51.8 Å². The predicted octanol–water partition coefficient (Wildman–Crippen LogP) is 5.05. The van der Waals surface area contributed by atoms with Crippen LogP contribution in [0.5, 0.6) is 0 Å². The Bertz CT molecular complexity index is 1180. The van der Waals surface area contributed by atoms with Crippen molar-refractivity contribution in [3.63, 3.8) is 0 Å². The molecule has 4 rings (SSSR count). The fourth-order valence-corrected chi connectivity index (χ4v) is 4.49. The number of hydrogen-bond acceptors (Lipinski definition) is 7. The summed E-state index contributed by atoms with van der Waals surface area (Å²) in [5.41, 5.74) is 6.00. The molecule has 0 spiro atoms. The van der Waals surface area contributed by atoms with E-state index in [1.165, 1.54) is 6.07 Å².